The van der Waals surface area contributed by atoms with E-state index in [1.165, 1.54) is 18.4 Å². The third-order valence-electron chi connectivity index (χ3n) is 4.70. The fourth-order valence-electron chi connectivity index (χ4n) is 3.18. The highest BCUT2D eigenvalue weighted by atomic mass is 19.3. The van der Waals surface area contributed by atoms with Crippen molar-refractivity contribution in [1.82, 2.24) is 15.5 Å². The molecule has 9 heteroatoms. The van der Waals surface area contributed by atoms with E-state index in [2.05, 4.69) is 15.4 Å². The summed E-state index contributed by atoms with van der Waals surface area (Å²) in [6.45, 7) is -1.33. The summed E-state index contributed by atoms with van der Waals surface area (Å²) in [5.74, 6) is 0.289. The summed E-state index contributed by atoms with van der Waals surface area (Å²) in [6.07, 6.45) is 3.38. The number of carbonyl (C=O) groups is 2. The van der Waals surface area contributed by atoms with Gasteiger partial charge in [0.2, 0.25) is 0 Å². The third kappa shape index (κ3) is 6.20. The fourth-order valence-corrected chi connectivity index (χ4v) is 3.18. The minimum atomic E-state index is -2.85. The molecule has 156 valence electrons. The number of urea groups is 1. The molecule has 1 saturated heterocycles. The number of halogens is 2. The van der Waals surface area contributed by atoms with E-state index in [9.17, 15) is 18.4 Å². The molecule has 1 aromatic heterocycles. The molecule has 0 unspecified atom stereocenters. The molecule has 2 aromatic rings. The first-order chi connectivity index (χ1) is 14.0. The number of likely N-dealkylation sites (tertiary alicyclic amines) is 1. The number of rotatable bonds is 7. The second-order valence-corrected chi connectivity index (χ2v) is 6.72. The zero-order valence-electron chi connectivity index (χ0n) is 15.8. The molecule has 1 aliphatic rings. The molecule has 0 saturated carbocycles. The van der Waals surface area contributed by atoms with Crippen molar-refractivity contribution in [3.8, 4) is 5.75 Å². The predicted octanol–water partition coefficient (Wildman–Crippen LogP) is 3.03. The molecule has 3 rings (SSSR count). The van der Waals surface area contributed by atoms with Crippen LogP contribution in [0.2, 0.25) is 0 Å². The van der Waals surface area contributed by atoms with E-state index in [-0.39, 0.29) is 23.7 Å². The van der Waals surface area contributed by atoms with Gasteiger partial charge in [0, 0.05) is 25.7 Å². The second kappa shape index (κ2) is 9.90. The van der Waals surface area contributed by atoms with E-state index < -0.39 is 6.61 Å². The van der Waals surface area contributed by atoms with E-state index >= 15 is 0 Å². The molecule has 3 amide bonds. The molecule has 0 spiro atoms. The zero-order chi connectivity index (χ0) is 20.6. The molecular formula is C20H23F2N3O4. The minimum Gasteiger partial charge on any atom is -0.459 e. The Bertz CT molecular complexity index is 789. The van der Waals surface area contributed by atoms with Crippen molar-refractivity contribution in [3.05, 3.63) is 54.0 Å². The Kier molecular flexibility index (Phi) is 7.04. The Balaban J connectivity index is 1.33. The lowest BCUT2D eigenvalue weighted by Crippen LogP contribution is -2.49. The average molecular weight is 407 g/mol. The van der Waals surface area contributed by atoms with Gasteiger partial charge in [0.05, 0.1) is 6.26 Å². The van der Waals surface area contributed by atoms with Crippen LogP contribution >= 0.6 is 0 Å². The van der Waals surface area contributed by atoms with Gasteiger partial charge >= 0.3 is 12.6 Å². The van der Waals surface area contributed by atoms with Crippen LogP contribution in [-0.4, -0.2) is 49.1 Å². The highest BCUT2D eigenvalue weighted by molar-refractivity contribution is 5.91. The molecule has 7 nitrogen and oxygen atoms in total. The normalized spacial score (nSPS) is 14.7. The topological polar surface area (TPSA) is 83.8 Å². The summed E-state index contributed by atoms with van der Waals surface area (Å²) in [5, 5.41) is 5.70. The molecule has 0 bridgehead atoms. The second-order valence-electron chi connectivity index (χ2n) is 6.72. The third-order valence-corrected chi connectivity index (χ3v) is 4.70. The number of carbonyl (C=O) groups excluding carboxylic acids is 2. The van der Waals surface area contributed by atoms with Crippen LogP contribution in [0.3, 0.4) is 0 Å². The summed E-state index contributed by atoms with van der Waals surface area (Å²) < 4.78 is 33.7. The average Bonchev–Trinajstić information content (AvgIpc) is 3.24. The van der Waals surface area contributed by atoms with Crippen molar-refractivity contribution in [2.45, 2.75) is 31.9 Å². The number of ether oxygens (including phenoxy) is 1. The highest BCUT2D eigenvalue weighted by Gasteiger charge is 2.25. The van der Waals surface area contributed by atoms with Gasteiger partial charge in [0.25, 0.3) is 5.91 Å². The molecule has 29 heavy (non-hydrogen) atoms. The van der Waals surface area contributed by atoms with Gasteiger partial charge in [-0.2, -0.15) is 8.78 Å². The van der Waals surface area contributed by atoms with Crippen LogP contribution in [0.25, 0.3) is 0 Å². The Labute approximate surface area is 167 Å². The van der Waals surface area contributed by atoms with E-state index in [1.807, 2.05) is 0 Å². The predicted molar refractivity (Wildman–Crippen MR) is 101 cm³/mol. The van der Waals surface area contributed by atoms with Gasteiger partial charge in [-0.1, -0.05) is 12.1 Å². The first-order valence-electron chi connectivity index (χ1n) is 9.42. The van der Waals surface area contributed by atoms with Gasteiger partial charge in [-0.05, 0) is 49.1 Å². The number of nitrogens with zero attached hydrogens (tertiary/aromatic N) is 1. The quantitative estimate of drug-likeness (QED) is 0.739. The van der Waals surface area contributed by atoms with Crippen molar-refractivity contribution >= 4 is 11.9 Å². The molecule has 1 aromatic carbocycles. The van der Waals surface area contributed by atoms with Crippen molar-refractivity contribution in [3.63, 3.8) is 0 Å². The molecule has 2 N–H and O–H groups in total. The van der Waals surface area contributed by atoms with Gasteiger partial charge in [0.1, 0.15) is 5.75 Å². The highest BCUT2D eigenvalue weighted by Crippen LogP contribution is 2.16. The first kappa shape index (κ1) is 20.6. The fraction of sp³-hybridized carbons (Fsp3) is 0.400. The zero-order valence-corrected chi connectivity index (χ0v) is 15.8. The summed E-state index contributed by atoms with van der Waals surface area (Å²) >= 11 is 0. The van der Waals surface area contributed by atoms with E-state index in [0.717, 1.165) is 5.56 Å². The maximum absolute atomic E-state index is 12.2. The van der Waals surface area contributed by atoms with Crippen molar-refractivity contribution in [2.24, 2.45) is 0 Å². The van der Waals surface area contributed by atoms with Gasteiger partial charge < -0.3 is 24.7 Å². The number of nitrogens with one attached hydrogen (secondary N) is 2. The molecule has 1 aliphatic heterocycles. The Morgan fingerprint density at radius 2 is 1.90 bits per heavy atom. The van der Waals surface area contributed by atoms with Crippen LogP contribution in [0.4, 0.5) is 13.6 Å². The van der Waals surface area contributed by atoms with Crippen molar-refractivity contribution in [1.29, 1.82) is 0 Å². The van der Waals surface area contributed by atoms with Crippen LogP contribution in [0.15, 0.2) is 47.1 Å². The van der Waals surface area contributed by atoms with E-state index in [4.69, 9.17) is 4.42 Å². The molecule has 2 heterocycles. The van der Waals surface area contributed by atoms with E-state index in [1.54, 1.807) is 29.2 Å². The lowest BCUT2D eigenvalue weighted by molar-refractivity contribution is -0.0498. The Morgan fingerprint density at radius 1 is 1.17 bits per heavy atom. The monoisotopic (exact) mass is 407 g/mol. The lowest BCUT2D eigenvalue weighted by Gasteiger charge is -2.31. The number of piperidine rings is 1. The largest absolute Gasteiger partial charge is 0.459 e. The minimum absolute atomic E-state index is 0.00132. The first-order valence-corrected chi connectivity index (χ1v) is 9.42. The molecule has 0 atom stereocenters. The van der Waals surface area contributed by atoms with Crippen LogP contribution in [0, 0.1) is 0 Å². The maximum Gasteiger partial charge on any atom is 0.387 e. The van der Waals surface area contributed by atoms with Crippen LogP contribution in [0.1, 0.15) is 29.0 Å². The van der Waals surface area contributed by atoms with Crippen molar-refractivity contribution < 1.29 is 27.5 Å². The van der Waals surface area contributed by atoms with Crippen LogP contribution in [0.5, 0.6) is 5.75 Å². The Morgan fingerprint density at radius 3 is 2.52 bits per heavy atom. The smallest absolute Gasteiger partial charge is 0.387 e. The lowest BCUT2D eigenvalue weighted by atomic mass is 10.0. The Hall–Kier alpha value is -3.10. The van der Waals surface area contributed by atoms with Crippen LogP contribution in [-0.2, 0) is 6.42 Å². The van der Waals surface area contributed by atoms with Gasteiger partial charge in [-0.3, -0.25) is 4.79 Å². The number of hydrogen-bond acceptors (Lipinski definition) is 4. The van der Waals surface area contributed by atoms with E-state index in [0.29, 0.717) is 44.7 Å². The summed E-state index contributed by atoms with van der Waals surface area (Å²) in [6, 6.07) is 9.36. The van der Waals surface area contributed by atoms with Gasteiger partial charge in [0.15, 0.2) is 5.76 Å². The maximum atomic E-state index is 12.2. The number of alkyl halides is 2. The van der Waals surface area contributed by atoms with Crippen molar-refractivity contribution in [2.75, 3.05) is 19.6 Å². The number of hydrogen-bond donors (Lipinski definition) is 2. The number of benzene rings is 1. The SMILES string of the molecule is O=C(NCCc1ccc(OC(F)F)cc1)NC1CCN(C(=O)c2ccco2)CC1. The molecule has 1 fully saturated rings. The summed E-state index contributed by atoms with van der Waals surface area (Å²) in [4.78, 5) is 26.0. The summed E-state index contributed by atoms with van der Waals surface area (Å²) in [7, 11) is 0. The standard InChI is InChI=1S/C20H23F2N3O4/c21-19(22)29-16-5-3-14(4-6-16)7-10-23-20(27)24-15-8-11-25(12-9-15)18(26)17-2-1-13-28-17/h1-6,13,15,19H,7-12H2,(H2,23,24,27). The molecule has 0 aliphatic carbocycles. The van der Waals surface area contributed by atoms with Gasteiger partial charge in [-0.15, -0.1) is 0 Å². The summed E-state index contributed by atoms with van der Waals surface area (Å²) in [5.41, 5.74) is 0.900. The number of amides is 3. The molecule has 0 radical (unpaired) electrons. The molecular weight excluding hydrogens is 384 g/mol. The number of furan rings is 1. The van der Waals surface area contributed by atoms with Crippen LogP contribution < -0.4 is 15.4 Å². The van der Waals surface area contributed by atoms with Gasteiger partial charge in [-0.25, -0.2) is 4.79 Å².